The lowest BCUT2D eigenvalue weighted by molar-refractivity contribution is -0.144. The maximum atomic E-state index is 12.3. The van der Waals surface area contributed by atoms with Gasteiger partial charge >= 0.3 is 5.97 Å². The van der Waals surface area contributed by atoms with Gasteiger partial charge in [0, 0.05) is 5.56 Å². The number of nitrogens with two attached hydrogens (primary N) is 1. The van der Waals surface area contributed by atoms with Crippen LogP contribution in [0.3, 0.4) is 0 Å². The van der Waals surface area contributed by atoms with Gasteiger partial charge in [-0.2, -0.15) is 0 Å². The smallest absolute Gasteiger partial charge is 0.328 e. The van der Waals surface area contributed by atoms with Crippen molar-refractivity contribution < 1.29 is 14.3 Å². The molecule has 5 heteroatoms. The Bertz CT molecular complexity index is 585. The molecule has 1 amide bonds. The van der Waals surface area contributed by atoms with Crippen LogP contribution in [0.1, 0.15) is 35.3 Å². The van der Waals surface area contributed by atoms with E-state index in [1.54, 1.807) is 26.0 Å². The molecule has 0 saturated carbocycles. The molecular weight excluding hydrogens is 268 g/mol. The number of benzene rings is 1. The van der Waals surface area contributed by atoms with E-state index in [2.05, 4.69) is 17.2 Å². The van der Waals surface area contributed by atoms with Crippen molar-refractivity contribution >= 4 is 11.9 Å². The van der Waals surface area contributed by atoms with Crippen molar-refractivity contribution in [3.8, 4) is 11.8 Å². The summed E-state index contributed by atoms with van der Waals surface area (Å²) in [4.78, 5) is 23.8. The van der Waals surface area contributed by atoms with Crippen molar-refractivity contribution in [2.75, 3.05) is 13.2 Å². The van der Waals surface area contributed by atoms with Crippen LogP contribution in [0.2, 0.25) is 0 Å². The zero-order chi connectivity index (χ0) is 15.8. The molecule has 0 aliphatic heterocycles. The second kappa shape index (κ2) is 8.08. The molecule has 1 aromatic rings. The molecule has 5 nitrogen and oxygen atoms in total. The Kier molecular flexibility index (Phi) is 6.44. The Balaban J connectivity index is 2.96. The van der Waals surface area contributed by atoms with E-state index >= 15 is 0 Å². The normalized spacial score (nSPS) is 11.0. The molecule has 1 rings (SSSR count). The van der Waals surface area contributed by atoms with Crippen LogP contribution in [0.4, 0.5) is 0 Å². The summed E-state index contributed by atoms with van der Waals surface area (Å²) in [6, 6.07) is 4.65. The van der Waals surface area contributed by atoms with E-state index in [4.69, 9.17) is 10.5 Å². The van der Waals surface area contributed by atoms with Crippen LogP contribution in [0, 0.1) is 18.8 Å². The van der Waals surface area contributed by atoms with Gasteiger partial charge in [-0.3, -0.25) is 4.79 Å². The van der Waals surface area contributed by atoms with Gasteiger partial charge in [-0.15, -0.1) is 0 Å². The predicted molar refractivity (Wildman–Crippen MR) is 80.7 cm³/mol. The maximum Gasteiger partial charge on any atom is 0.328 e. The SMILES string of the molecule is CCOC(=O)C(C)NC(=O)c1cc(C)ccc1C#CCN. The monoisotopic (exact) mass is 288 g/mol. The van der Waals surface area contributed by atoms with E-state index in [1.807, 2.05) is 13.0 Å². The van der Waals surface area contributed by atoms with E-state index in [-0.39, 0.29) is 19.1 Å². The van der Waals surface area contributed by atoms with Crippen LogP contribution in [-0.2, 0) is 9.53 Å². The molecule has 1 atom stereocenters. The van der Waals surface area contributed by atoms with Gasteiger partial charge in [-0.1, -0.05) is 23.5 Å². The van der Waals surface area contributed by atoms with Crippen molar-refractivity contribution in [2.24, 2.45) is 5.73 Å². The minimum atomic E-state index is -0.715. The molecule has 21 heavy (non-hydrogen) atoms. The maximum absolute atomic E-state index is 12.3. The second-order valence-corrected chi connectivity index (χ2v) is 4.50. The largest absolute Gasteiger partial charge is 0.464 e. The van der Waals surface area contributed by atoms with Gasteiger partial charge in [-0.05, 0) is 32.9 Å². The topological polar surface area (TPSA) is 81.4 Å². The van der Waals surface area contributed by atoms with Crippen LogP contribution in [0.5, 0.6) is 0 Å². The third kappa shape index (κ3) is 4.93. The molecule has 0 bridgehead atoms. The molecule has 0 aromatic heterocycles. The fourth-order valence-corrected chi connectivity index (χ4v) is 1.70. The molecule has 112 valence electrons. The Hall–Kier alpha value is -2.32. The van der Waals surface area contributed by atoms with Gasteiger partial charge < -0.3 is 15.8 Å². The number of hydrogen-bond acceptors (Lipinski definition) is 4. The Morgan fingerprint density at radius 2 is 2.14 bits per heavy atom. The third-order valence-electron chi connectivity index (χ3n) is 2.73. The van der Waals surface area contributed by atoms with Crippen LogP contribution in [0.15, 0.2) is 18.2 Å². The number of carbonyl (C=O) groups is 2. The standard InChI is InChI=1S/C16H20N2O3/c1-4-21-16(20)12(3)18-15(19)14-10-11(2)7-8-13(14)6-5-9-17/h7-8,10,12H,4,9,17H2,1-3H3,(H,18,19). The lowest BCUT2D eigenvalue weighted by atomic mass is 10.0. The molecule has 0 fully saturated rings. The first kappa shape index (κ1) is 16.7. The van der Waals surface area contributed by atoms with Gasteiger partial charge in [0.2, 0.25) is 0 Å². The Morgan fingerprint density at radius 1 is 1.43 bits per heavy atom. The fourth-order valence-electron chi connectivity index (χ4n) is 1.70. The fraction of sp³-hybridized carbons (Fsp3) is 0.375. The summed E-state index contributed by atoms with van der Waals surface area (Å²) < 4.78 is 4.86. The van der Waals surface area contributed by atoms with E-state index in [9.17, 15) is 9.59 Å². The summed E-state index contributed by atoms with van der Waals surface area (Å²) in [6.45, 7) is 5.67. The summed E-state index contributed by atoms with van der Waals surface area (Å²) in [5.41, 5.74) is 7.29. The van der Waals surface area contributed by atoms with Crippen molar-refractivity contribution in [1.29, 1.82) is 0 Å². The minimum Gasteiger partial charge on any atom is -0.464 e. The number of esters is 1. The lowest BCUT2D eigenvalue weighted by Crippen LogP contribution is -2.39. The highest BCUT2D eigenvalue weighted by atomic mass is 16.5. The molecule has 0 aliphatic carbocycles. The minimum absolute atomic E-state index is 0.216. The number of amides is 1. The van der Waals surface area contributed by atoms with Gasteiger partial charge in [0.15, 0.2) is 0 Å². The van der Waals surface area contributed by atoms with Crippen molar-refractivity contribution in [1.82, 2.24) is 5.32 Å². The van der Waals surface area contributed by atoms with Gasteiger partial charge in [-0.25, -0.2) is 4.79 Å². The van der Waals surface area contributed by atoms with Crippen LogP contribution < -0.4 is 11.1 Å². The van der Waals surface area contributed by atoms with E-state index in [0.29, 0.717) is 11.1 Å². The first-order chi connectivity index (χ1) is 9.99. The summed E-state index contributed by atoms with van der Waals surface area (Å²) in [6.07, 6.45) is 0. The first-order valence-electron chi connectivity index (χ1n) is 6.76. The number of hydrogen-bond donors (Lipinski definition) is 2. The second-order valence-electron chi connectivity index (χ2n) is 4.50. The molecule has 1 aromatic carbocycles. The van der Waals surface area contributed by atoms with Crippen molar-refractivity contribution in [3.63, 3.8) is 0 Å². The average molecular weight is 288 g/mol. The highest BCUT2D eigenvalue weighted by molar-refractivity contribution is 5.99. The highest BCUT2D eigenvalue weighted by Crippen LogP contribution is 2.11. The molecule has 0 radical (unpaired) electrons. The summed E-state index contributed by atoms with van der Waals surface area (Å²) in [5.74, 6) is 4.75. The lowest BCUT2D eigenvalue weighted by Gasteiger charge is -2.13. The van der Waals surface area contributed by atoms with Crippen LogP contribution in [-0.4, -0.2) is 31.1 Å². The zero-order valence-electron chi connectivity index (χ0n) is 12.5. The number of carbonyl (C=O) groups excluding carboxylic acids is 2. The zero-order valence-corrected chi connectivity index (χ0v) is 12.5. The van der Waals surface area contributed by atoms with E-state index in [0.717, 1.165) is 5.56 Å². The molecule has 3 N–H and O–H groups in total. The molecule has 0 aliphatic rings. The van der Waals surface area contributed by atoms with Gasteiger partial charge in [0.25, 0.3) is 5.91 Å². The van der Waals surface area contributed by atoms with E-state index < -0.39 is 12.0 Å². The van der Waals surface area contributed by atoms with Crippen LogP contribution in [0.25, 0.3) is 0 Å². The Morgan fingerprint density at radius 3 is 2.76 bits per heavy atom. The quantitative estimate of drug-likeness (QED) is 0.639. The number of nitrogens with one attached hydrogen (secondary N) is 1. The predicted octanol–water partition coefficient (Wildman–Crippen LogP) is 0.987. The highest BCUT2D eigenvalue weighted by Gasteiger charge is 2.19. The molecule has 0 saturated heterocycles. The van der Waals surface area contributed by atoms with E-state index in [1.165, 1.54) is 0 Å². The number of aryl methyl sites for hydroxylation is 1. The van der Waals surface area contributed by atoms with Crippen molar-refractivity contribution in [2.45, 2.75) is 26.8 Å². The first-order valence-corrected chi connectivity index (χ1v) is 6.76. The summed E-state index contributed by atoms with van der Waals surface area (Å²) in [7, 11) is 0. The molecular formula is C16H20N2O3. The average Bonchev–Trinajstić information content (AvgIpc) is 2.46. The van der Waals surface area contributed by atoms with Gasteiger partial charge in [0.05, 0.1) is 18.7 Å². The molecule has 0 spiro atoms. The molecule has 0 heterocycles. The van der Waals surface area contributed by atoms with Gasteiger partial charge in [0.1, 0.15) is 6.04 Å². The summed E-state index contributed by atoms with van der Waals surface area (Å²) >= 11 is 0. The molecule has 1 unspecified atom stereocenters. The number of ether oxygens (including phenoxy) is 1. The summed E-state index contributed by atoms with van der Waals surface area (Å²) in [5, 5.41) is 2.61. The number of rotatable bonds is 4. The third-order valence-corrected chi connectivity index (χ3v) is 2.73. The van der Waals surface area contributed by atoms with Crippen LogP contribution >= 0.6 is 0 Å². The Labute approximate surface area is 124 Å². The van der Waals surface area contributed by atoms with Crippen molar-refractivity contribution in [3.05, 3.63) is 34.9 Å².